The number of hydrogen-bond acceptors (Lipinski definition) is 3. The van der Waals surface area contributed by atoms with Crippen LogP contribution in [0.1, 0.15) is 23.5 Å². The summed E-state index contributed by atoms with van der Waals surface area (Å²) in [5, 5.41) is 0. The molecule has 0 bridgehead atoms. The van der Waals surface area contributed by atoms with Crippen molar-refractivity contribution in [1.82, 2.24) is 5.43 Å². The fourth-order valence-corrected chi connectivity index (χ4v) is 2.47. The summed E-state index contributed by atoms with van der Waals surface area (Å²) in [6.45, 7) is 0.662. The lowest BCUT2D eigenvalue weighted by Gasteiger charge is -2.22. The first kappa shape index (κ1) is 10.6. The molecule has 0 aromatic heterocycles. The van der Waals surface area contributed by atoms with E-state index in [-0.39, 0.29) is 6.04 Å². The number of hydrazine groups is 1. The highest BCUT2D eigenvalue weighted by atomic mass is 16.5. The Morgan fingerprint density at radius 3 is 3.07 bits per heavy atom. The molecule has 1 aliphatic carbocycles. The van der Waals surface area contributed by atoms with E-state index in [1.807, 2.05) is 0 Å². The van der Waals surface area contributed by atoms with Crippen LogP contribution in [-0.4, -0.2) is 19.8 Å². The highest BCUT2D eigenvalue weighted by Gasteiger charge is 2.28. The Morgan fingerprint density at radius 2 is 2.33 bits per heavy atom. The summed E-state index contributed by atoms with van der Waals surface area (Å²) >= 11 is 0. The first-order valence-corrected chi connectivity index (χ1v) is 5.39. The van der Waals surface area contributed by atoms with E-state index in [1.165, 1.54) is 11.1 Å². The van der Waals surface area contributed by atoms with Crippen LogP contribution in [-0.2, 0) is 11.2 Å². The molecule has 15 heavy (non-hydrogen) atoms. The monoisotopic (exact) mass is 206 g/mol. The van der Waals surface area contributed by atoms with Crippen molar-refractivity contribution >= 4 is 0 Å². The molecule has 1 aliphatic rings. The van der Waals surface area contributed by atoms with E-state index in [2.05, 4.69) is 29.7 Å². The van der Waals surface area contributed by atoms with Crippen LogP contribution in [0.2, 0.25) is 0 Å². The van der Waals surface area contributed by atoms with Gasteiger partial charge in [0.05, 0.1) is 12.6 Å². The van der Waals surface area contributed by atoms with Gasteiger partial charge < -0.3 is 4.74 Å². The number of benzene rings is 1. The second kappa shape index (κ2) is 4.75. The molecule has 82 valence electrons. The Balaban J connectivity index is 2.18. The van der Waals surface area contributed by atoms with Crippen LogP contribution in [0.15, 0.2) is 24.3 Å². The van der Waals surface area contributed by atoms with Gasteiger partial charge in [-0.05, 0) is 24.0 Å². The van der Waals surface area contributed by atoms with Gasteiger partial charge in [0, 0.05) is 13.0 Å². The molecule has 0 fully saturated rings. The fraction of sp³-hybridized carbons (Fsp3) is 0.500. The van der Waals surface area contributed by atoms with Gasteiger partial charge >= 0.3 is 0 Å². The zero-order chi connectivity index (χ0) is 10.7. The van der Waals surface area contributed by atoms with E-state index in [9.17, 15) is 0 Å². The molecular formula is C12H18N2O. The lowest BCUT2D eigenvalue weighted by molar-refractivity contribution is 0.154. The lowest BCUT2D eigenvalue weighted by Crippen LogP contribution is -2.42. The average molecular weight is 206 g/mol. The van der Waals surface area contributed by atoms with Gasteiger partial charge in [0.1, 0.15) is 0 Å². The maximum Gasteiger partial charge on any atom is 0.0635 e. The van der Waals surface area contributed by atoms with Gasteiger partial charge in [-0.1, -0.05) is 24.3 Å². The van der Waals surface area contributed by atoms with E-state index < -0.39 is 0 Å². The number of rotatable bonds is 4. The molecule has 0 heterocycles. The molecule has 1 aromatic carbocycles. The molecule has 0 radical (unpaired) electrons. The zero-order valence-corrected chi connectivity index (χ0v) is 9.07. The molecule has 0 saturated carbocycles. The number of fused-ring (bicyclic) bond motifs is 1. The normalized spacial score (nSPS) is 21.3. The van der Waals surface area contributed by atoms with Crippen LogP contribution in [0.3, 0.4) is 0 Å². The molecular weight excluding hydrogens is 188 g/mol. The average Bonchev–Trinajstić information content (AvgIpc) is 2.70. The van der Waals surface area contributed by atoms with Gasteiger partial charge in [-0.3, -0.25) is 11.3 Å². The summed E-state index contributed by atoms with van der Waals surface area (Å²) in [6, 6.07) is 8.82. The molecule has 3 heteroatoms. The summed E-state index contributed by atoms with van der Waals surface area (Å²) in [4.78, 5) is 0. The van der Waals surface area contributed by atoms with Crippen LogP contribution >= 0.6 is 0 Å². The van der Waals surface area contributed by atoms with E-state index in [0.717, 1.165) is 12.8 Å². The van der Waals surface area contributed by atoms with E-state index >= 15 is 0 Å². The highest BCUT2D eigenvalue weighted by molar-refractivity contribution is 5.35. The van der Waals surface area contributed by atoms with Crippen molar-refractivity contribution in [3.05, 3.63) is 35.4 Å². The van der Waals surface area contributed by atoms with Crippen molar-refractivity contribution in [2.45, 2.75) is 24.8 Å². The van der Waals surface area contributed by atoms with Crippen LogP contribution in [0.5, 0.6) is 0 Å². The number of nitrogens with one attached hydrogen (secondary N) is 1. The topological polar surface area (TPSA) is 47.3 Å². The summed E-state index contributed by atoms with van der Waals surface area (Å²) in [7, 11) is 1.71. The lowest BCUT2D eigenvalue weighted by atomic mass is 9.94. The van der Waals surface area contributed by atoms with E-state index in [1.54, 1.807) is 7.11 Å². The van der Waals surface area contributed by atoms with Crippen molar-refractivity contribution in [2.75, 3.05) is 13.7 Å². The van der Waals surface area contributed by atoms with Gasteiger partial charge in [0.2, 0.25) is 0 Å². The minimum Gasteiger partial charge on any atom is -0.383 e. The molecule has 0 spiro atoms. The number of ether oxygens (including phenoxy) is 1. The molecule has 2 rings (SSSR count). The zero-order valence-electron chi connectivity index (χ0n) is 9.07. The third-order valence-electron chi connectivity index (χ3n) is 3.23. The van der Waals surface area contributed by atoms with E-state index in [4.69, 9.17) is 10.6 Å². The third-order valence-corrected chi connectivity index (χ3v) is 3.23. The van der Waals surface area contributed by atoms with Crippen molar-refractivity contribution in [1.29, 1.82) is 0 Å². The van der Waals surface area contributed by atoms with Crippen LogP contribution < -0.4 is 11.3 Å². The van der Waals surface area contributed by atoms with Gasteiger partial charge in [-0.15, -0.1) is 0 Å². The second-order valence-corrected chi connectivity index (χ2v) is 4.07. The number of hydrogen-bond donors (Lipinski definition) is 2. The Morgan fingerprint density at radius 1 is 1.53 bits per heavy atom. The predicted molar refractivity (Wildman–Crippen MR) is 60.5 cm³/mol. The fourth-order valence-electron chi connectivity index (χ4n) is 2.47. The molecule has 0 amide bonds. The van der Waals surface area contributed by atoms with Crippen molar-refractivity contribution in [3.8, 4) is 0 Å². The minimum absolute atomic E-state index is 0.221. The van der Waals surface area contributed by atoms with Gasteiger partial charge in [0.25, 0.3) is 0 Å². The molecule has 0 saturated heterocycles. The molecule has 3 N–H and O–H groups in total. The van der Waals surface area contributed by atoms with Crippen molar-refractivity contribution in [2.24, 2.45) is 5.84 Å². The van der Waals surface area contributed by atoms with Gasteiger partial charge in [0.15, 0.2) is 0 Å². The number of methoxy groups -OCH3 is 1. The molecule has 1 aromatic rings. The van der Waals surface area contributed by atoms with Crippen molar-refractivity contribution < 1.29 is 4.74 Å². The van der Waals surface area contributed by atoms with Gasteiger partial charge in [-0.2, -0.15) is 0 Å². The van der Waals surface area contributed by atoms with Gasteiger partial charge in [-0.25, -0.2) is 0 Å². The summed E-state index contributed by atoms with van der Waals surface area (Å²) < 4.78 is 5.18. The van der Waals surface area contributed by atoms with Crippen LogP contribution in [0, 0.1) is 0 Å². The summed E-state index contributed by atoms with van der Waals surface area (Å²) in [5.41, 5.74) is 5.75. The first-order chi connectivity index (χ1) is 7.36. The summed E-state index contributed by atoms with van der Waals surface area (Å²) in [6.07, 6.45) is 2.32. The first-order valence-electron chi connectivity index (χ1n) is 5.39. The minimum atomic E-state index is 0.221. The third kappa shape index (κ3) is 2.04. The van der Waals surface area contributed by atoms with Crippen LogP contribution in [0.4, 0.5) is 0 Å². The predicted octanol–water partition coefficient (Wildman–Crippen LogP) is 1.19. The smallest absolute Gasteiger partial charge is 0.0635 e. The van der Waals surface area contributed by atoms with Crippen LogP contribution in [0.25, 0.3) is 0 Å². The number of nitrogens with two attached hydrogens (primary N) is 1. The Hall–Kier alpha value is -0.900. The SMILES string of the molecule is COCC(NN)C1CCc2ccccc21. The van der Waals surface area contributed by atoms with E-state index in [0.29, 0.717) is 12.5 Å². The maximum absolute atomic E-state index is 5.57. The quantitative estimate of drug-likeness (QED) is 0.574. The molecule has 2 atom stereocenters. The summed E-state index contributed by atoms with van der Waals surface area (Å²) in [5.74, 6) is 6.06. The largest absolute Gasteiger partial charge is 0.383 e. The second-order valence-electron chi connectivity index (χ2n) is 4.07. The number of aryl methyl sites for hydroxylation is 1. The molecule has 2 unspecified atom stereocenters. The standard InChI is InChI=1S/C12H18N2O/c1-15-8-12(14-13)11-7-6-9-4-2-3-5-10(9)11/h2-5,11-12,14H,6-8,13H2,1H3. The Bertz CT molecular complexity index is 327. The maximum atomic E-state index is 5.57. The Labute approximate surface area is 90.6 Å². The molecule has 0 aliphatic heterocycles. The Kier molecular flexibility index (Phi) is 3.36. The highest BCUT2D eigenvalue weighted by Crippen LogP contribution is 2.35. The molecule has 3 nitrogen and oxygen atoms in total. The van der Waals surface area contributed by atoms with Crippen molar-refractivity contribution in [3.63, 3.8) is 0 Å².